The molecule has 0 radical (unpaired) electrons. The molecule has 0 aromatic heterocycles. The Labute approximate surface area is 153 Å². The van der Waals surface area contributed by atoms with Crippen LogP contribution in [-0.4, -0.2) is 16.1 Å². The third-order valence-corrected chi connectivity index (χ3v) is 5.83. The molecule has 0 spiro atoms. The number of benzene rings is 1. The quantitative estimate of drug-likeness (QED) is 0.294. The van der Waals surface area contributed by atoms with Crippen molar-refractivity contribution in [2.24, 2.45) is 0 Å². The summed E-state index contributed by atoms with van der Waals surface area (Å²) in [5.74, 6) is 0. The molecule has 0 heterocycles. The van der Waals surface area contributed by atoms with Crippen LogP contribution in [0.2, 0.25) is 0 Å². The van der Waals surface area contributed by atoms with Gasteiger partial charge in [-0.3, -0.25) is 0 Å². The van der Waals surface area contributed by atoms with Crippen molar-refractivity contribution >= 4 is 10.5 Å². The van der Waals surface area contributed by atoms with Crippen LogP contribution < -0.4 is 0 Å². The van der Waals surface area contributed by atoms with Gasteiger partial charge in [0.2, 0.25) is 0 Å². The molecule has 1 rings (SSSR count). The Balaban J connectivity index is 2.73. The summed E-state index contributed by atoms with van der Waals surface area (Å²) in [4.78, 5) is 0. The van der Waals surface area contributed by atoms with Gasteiger partial charge in [0.25, 0.3) is 0 Å². The van der Waals surface area contributed by atoms with Crippen LogP contribution in [0, 0.1) is 0 Å². The predicted octanol–water partition coefficient (Wildman–Crippen LogP) is 5.68. The van der Waals surface area contributed by atoms with Crippen molar-refractivity contribution in [2.75, 3.05) is 0 Å². The molecular weight excluding hydrogens is 374 g/mol. The maximum Gasteiger partial charge on any atom is 0.416 e. The highest BCUT2D eigenvalue weighted by atomic mass is 28.2. The molecule has 0 aliphatic rings. The van der Waals surface area contributed by atoms with E-state index in [4.69, 9.17) is 4.43 Å². The highest BCUT2D eigenvalue weighted by Crippen LogP contribution is 2.36. The first-order chi connectivity index (χ1) is 12.0. The van der Waals surface area contributed by atoms with Gasteiger partial charge in [0.1, 0.15) is 10.5 Å². The van der Waals surface area contributed by atoms with E-state index in [1.54, 1.807) is 0 Å². The van der Waals surface area contributed by atoms with E-state index in [1.165, 1.54) is 0 Å². The van der Waals surface area contributed by atoms with Crippen molar-refractivity contribution in [1.29, 1.82) is 0 Å². The number of rotatable bonds is 9. The van der Waals surface area contributed by atoms with Crippen LogP contribution in [0.25, 0.3) is 0 Å². The van der Waals surface area contributed by atoms with Crippen LogP contribution in [0.15, 0.2) is 18.2 Å². The fourth-order valence-electron chi connectivity index (χ4n) is 3.11. The van der Waals surface area contributed by atoms with Crippen molar-refractivity contribution in [3.05, 3.63) is 34.9 Å². The molecule has 0 N–H and O–H groups in total. The lowest BCUT2D eigenvalue weighted by molar-refractivity contribution is -0.143. The lowest BCUT2D eigenvalue weighted by Gasteiger charge is -2.31. The van der Waals surface area contributed by atoms with Crippen molar-refractivity contribution in [2.45, 2.75) is 76.7 Å². The van der Waals surface area contributed by atoms with E-state index < -0.39 is 23.5 Å². The van der Waals surface area contributed by atoms with Crippen LogP contribution in [-0.2, 0) is 23.2 Å². The van der Waals surface area contributed by atoms with Crippen LogP contribution >= 0.6 is 0 Å². The largest absolute Gasteiger partial charge is 0.422 e. The Bertz CT molecular complexity index is 523. The summed E-state index contributed by atoms with van der Waals surface area (Å²) in [6, 6.07) is 1.81. The van der Waals surface area contributed by atoms with Crippen LogP contribution in [0.3, 0.4) is 0 Å². The molecule has 0 saturated carbocycles. The van der Waals surface area contributed by atoms with Crippen molar-refractivity contribution in [3.63, 3.8) is 0 Å². The molecule has 0 saturated heterocycles. The van der Waals surface area contributed by atoms with Gasteiger partial charge in [-0.05, 0) is 55.9 Å². The molecule has 1 aromatic rings. The summed E-state index contributed by atoms with van der Waals surface area (Å²) < 4.78 is 82.8. The maximum atomic E-state index is 12.8. The highest BCUT2D eigenvalue weighted by molar-refractivity contribution is 5.98. The second-order valence-corrected chi connectivity index (χ2v) is 6.98. The number of halogens is 6. The summed E-state index contributed by atoms with van der Waals surface area (Å²) in [7, 11) is 0.640. The fourth-order valence-corrected chi connectivity index (χ4v) is 3.89. The summed E-state index contributed by atoms with van der Waals surface area (Å²) >= 11 is 0. The Morgan fingerprint density at radius 2 is 1.31 bits per heavy atom. The Morgan fingerprint density at radius 3 is 1.69 bits per heavy atom. The van der Waals surface area contributed by atoms with E-state index in [0.717, 1.165) is 44.2 Å². The molecule has 0 aliphatic heterocycles. The van der Waals surface area contributed by atoms with Gasteiger partial charge in [-0.1, -0.05) is 26.7 Å². The molecule has 0 amide bonds. The molecule has 1 aromatic carbocycles. The summed E-state index contributed by atoms with van der Waals surface area (Å²) in [6.45, 7) is 4.12. The van der Waals surface area contributed by atoms with Gasteiger partial charge in [0.15, 0.2) is 0 Å². The molecule has 26 heavy (non-hydrogen) atoms. The first-order valence-electron chi connectivity index (χ1n) is 8.81. The zero-order valence-electron chi connectivity index (χ0n) is 15.4. The second-order valence-electron chi connectivity index (χ2n) is 6.57. The number of unbranched alkanes of at least 4 members (excludes halogenated alkanes) is 2. The van der Waals surface area contributed by atoms with Gasteiger partial charge < -0.3 is 4.43 Å². The Kier molecular flexibility index (Phi) is 8.20. The monoisotopic (exact) mass is 400 g/mol. The highest BCUT2D eigenvalue weighted by Gasteiger charge is 2.36. The minimum absolute atomic E-state index is 0.0727. The van der Waals surface area contributed by atoms with E-state index in [1.807, 2.05) is 0 Å². The zero-order chi connectivity index (χ0) is 20.0. The van der Waals surface area contributed by atoms with Gasteiger partial charge in [-0.15, -0.1) is 0 Å². The van der Waals surface area contributed by atoms with Gasteiger partial charge in [-0.25, -0.2) is 0 Å². The lowest BCUT2D eigenvalue weighted by Crippen LogP contribution is -2.30. The van der Waals surface area contributed by atoms with Crippen molar-refractivity contribution < 1.29 is 30.8 Å². The van der Waals surface area contributed by atoms with Crippen LogP contribution in [0.1, 0.15) is 69.1 Å². The molecule has 0 aliphatic carbocycles. The van der Waals surface area contributed by atoms with Crippen LogP contribution in [0.4, 0.5) is 26.3 Å². The van der Waals surface area contributed by atoms with Gasteiger partial charge in [0.05, 0.1) is 16.7 Å². The van der Waals surface area contributed by atoms with Gasteiger partial charge >= 0.3 is 12.4 Å². The topological polar surface area (TPSA) is 9.23 Å². The lowest BCUT2D eigenvalue weighted by atomic mass is 9.90. The molecule has 0 atom stereocenters. The molecule has 0 bridgehead atoms. The molecular formula is C18H26F6OSi. The number of alkyl halides is 6. The number of aryl methyl sites for hydroxylation is 1. The summed E-state index contributed by atoms with van der Waals surface area (Å²) in [5, 5.41) is 0. The third kappa shape index (κ3) is 6.61. The first-order valence-corrected chi connectivity index (χ1v) is 9.62. The average molecular weight is 400 g/mol. The van der Waals surface area contributed by atoms with Gasteiger partial charge in [-0.2, -0.15) is 26.3 Å². The van der Waals surface area contributed by atoms with E-state index in [9.17, 15) is 26.3 Å². The fraction of sp³-hybridized carbons (Fsp3) is 0.667. The minimum Gasteiger partial charge on any atom is -0.422 e. The normalized spacial score (nSPS) is 13.4. The maximum absolute atomic E-state index is 12.8. The molecule has 8 heteroatoms. The van der Waals surface area contributed by atoms with Crippen molar-refractivity contribution in [1.82, 2.24) is 0 Å². The van der Waals surface area contributed by atoms with E-state index in [-0.39, 0.29) is 23.7 Å². The SMILES string of the molecule is CCC(CC)(CCCCCc1cc(C(F)(F)F)cc(C(F)(F)F)c1)O[SiH3]. The Hall–Kier alpha value is -1.02. The van der Waals surface area contributed by atoms with Crippen molar-refractivity contribution in [3.8, 4) is 0 Å². The van der Waals surface area contributed by atoms with Crippen LogP contribution in [0.5, 0.6) is 0 Å². The molecule has 1 nitrogen and oxygen atoms in total. The van der Waals surface area contributed by atoms with E-state index >= 15 is 0 Å². The average Bonchev–Trinajstić information content (AvgIpc) is 2.57. The third-order valence-electron chi connectivity index (χ3n) is 4.97. The predicted molar refractivity (Wildman–Crippen MR) is 93.0 cm³/mol. The van der Waals surface area contributed by atoms with Gasteiger partial charge in [0, 0.05) is 0 Å². The summed E-state index contributed by atoms with van der Waals surface area (Å²) in [5.41, 5.74) is -2.56. The van der Waals surface area contributed by atoms with E-state index in [0.29, 0.717) is 16.9 Å². The molecule has 0 unspecified atom stereocenters. The number of hydrogen-bond acceptors (Lipinski definition) is 1. The Morgan fingerprint density at radius 1 is 0.808 bits per heavy atom. The molecule has 0 fully saturated rings. The second kappa shape index (κ2) is 9.26. The van der Waals surface area contributed by atoms with E-state index in [2.05, 4.69) is 13.8 Å². The number of hydrogen-bond donors (Lipinski definition) is 0. The summed E-state index contributed by atoms with van der Waals surface area (Å²) in [6.07, 6.45) is -4.60. The first kappa shape index (κ1) is 23.0. The minimum atomic E-state index is -4.79. The standard InChI is InChI=1S/C18H26F6OSi/c1-3-16(4-2,25-26)9-7-5-6-8-13-10-14(17(19,20)21)12-15(11-13)18(22,23)24/h10-12H,3-9H2,1-2,26H3. The molecule has 150 valence electrons. The smallest absolute Gasteiger partial charge is 0.416 e. The zero-order valence-corrected chi connectivity index (χ0v) is 17.4.